The van der Waals surface area contributed by atoms with Crippen molar-refractivity contribution in [3.8, 4) is 11.4 Å². The van der Waals surface area contributed by atoms with E-state index in [-0.39, 0.29) is 11.2 Å². The van der Waals surface area contributed by atoms with Gasteiger partial charge in [-0.3, -0.25) is 9.36 Å². The minimum atomic E-state index is -0.180. The Hall–Kier alpha value is -2.37. The maximum absolute atomic E-state index is 12.4. The van der Waals surface area contributed by atoms with Gasteiger partial charge in [-0.1, -0.05) is 6.92 Å². The van der Waals surface area contributed by atoms with Crippen LogP contribution in [0.4, 0.5) is 11.5 Å². The van der Waals surface area contributed by atoms with E-state index >= 15 is 0 Å². The summed E-state index contributed by atoms with van der Waals surface area (Å²) in [6, 6.07) is 1.99. The zero-order valence-corrected chi connectivity index (χ0v) is 13.8. The zero-order valence-electron chi connectivity index (χ0n) is 13.8. The van der Waals surface area contributed by atoms with E-state index in [0.29, 0.717) is 24.5 Å². The fourth-order valence-corrected chi connectivity index (χ4v) is 2.40. The Morgan fingerprint density at radius 2 is 2.00 bits per heavy atom. The molecule has 0 aromatic carbocycles. The van der Waals surface area contributed by atoms with Crippen molar-refractivity contribution in [2.45, 2.75) is 33.7 Å². The van der Waals surface area contributed by atoms with E-state index < -0.39 is 0 Å². The van der Waals surface area contributed by atoms with Crippen LogP contribution < -0.4 is 16.2 Å². The zero-order chi connectivity index (χ0) is 16.4. The van der Waals surface area contributed by atoms with Gasteiger partial charge in [0.25, 0.3) is 5.56 Å². The minimum Gasteiger partial charge on any atom is -0.393 e. The molecule has 0 spiro atoms. The average Bonchev–Trinajstić information content (AvgIpc) is 2.49. The molecule has 0 unspecified atom stereocenters. The molecule has 0 fully saturated rings. The number of nitrogen functional groups attached to an aromatic ring is 1. The number of pyridine rings is 1. The van der Waals surface area contributed by atoms with Gasteiger partial charge in [0.05, 0.1) is 5.69 Å². The lowest BCUT2D eigenvalue weighted by atomic mass is 10.1. The number of aromatic nitrogens is 3. The van der Waals surface area contributed by atoms with E-state index in [1.165, 1.54) is 0 Å². The summed E-state index contributed by atoms with van der Waals surface area (Å²) < 4.78 is 1.60. The van der Waals surface area contributed by atoms with Crippen LogP contribution in [0, 0.1) is 6.92 Å². The maximum atomic E-state index is 12.4. The lowest BCUT2D eigenvalue weighted by Crippen LogP contribution is -2.27. The smallest absolute Gasteiger partial charge is 0.277 e. The number of nitrogens with zero attached hydrogens (tertiary/aromatic N) is 4. The molecule has 22 heavy (non-hydrogen) atoms. The third kappa shape index (κ3) is 2.68. The van der Waals surface area contributed by atoms with Gasteiger partial charge in [-0.2, -0.15) is 0 Å². The predicted octanol–water partition coefficient (Wildman–Crippen LogP) is 1.84. The van der Waals surface area contributed by atoms with Crippen molar-refractivity contribution >= 4 is 11.5 Å². The first-order valence-electron chi connectivity index (χ1n) is 7.44. The molecule has 2 aromatic heterocycles. The minimum absolute atomic E-state index is 0.180. The van der Waals surface area contributed by atoms with Crippen molar-refractivity contribution in [2.75, 3.05) is 24.7 Å². The summed E-state index contributed by atoms with van der Waals surface area (Å²) in [6.07, 6.45) is 2.40. The largest absolute Gasteiger partial charge is 0.393 e. The quantitative estimate of drug-likeness (QED) is 0.932. The number of anilines is 2. The highest BCUT2D eigenvalue weighted by Crippen LogP contribution is 2.24. The summed E-state index contributed by atoms with van der Waals surface area (Å²) in [5.41, 5.74) is 8.49. The number of hydrogen-bond acceptors (Lipinski definition) is 5. The third-order valence-corrected chi connectivity index (χ3v) is 3.73. The van der Waals surface area contributed by atoms with Crippen molar-refractivity contribution in [3.63, 3.8) is 0 Å². The molecule has 2 heterocycles. The lowest BCUT2D eigenvalue weighted by molar-refractivity contribution is 0.711. The van der Waals surface area contributed by atoms with Gasteiger partial charge in [0, 0.05) is 32.4 Å². The van der Waals surface area contributed by atoms with E-state index in [1.807, 2.05) is 45.8 Å². The van der Waals surface area contributed by atoms with E-state index in [0.717, 1.165) is 16.9 Å². The summed E-state index contributed by atoms with van der Waals surface area (Å²) in [5, 5.41) is 0. The second-order valence-corrected chi connectivity index (χ2v) is 5.45. The second kappa shape index (κ2) is 6.17. The molecule has 0 saturated carbocycles. The van der Waals surface area contributed by atoms with Gasteiger partial charge in [0.2, 0.25) is 0 Å². The molecule has 118 valence electrons. The molecule has 0 aliphatic carbocycles. The van der Waals surface area contributed by atoms with Crippen molar-refractivity contribution in [2.24, 2.45) is 0 Å². The van der Waals surface area contributed by atoms with Gasteiger partial charge in [0.15, 0.2) is 0 Å². The van der Waals surface area contributed by atoms with Gasteiger partial charge in [-0.05, 0) is 31.9 Å². The van der Waals surface area contributed by atoms with Crippen LogP contribution in [0.2, 0.25) is 0 Å². The molecule has 0 aliphatic heterocycles. The van der Waals surface area contributed by atoms with Gasteiger partial charge in [-0.25, -0.2) is 9.97 Å². The van der Waals surface area contributed by atoms with Crippen LogP contribution in [0.25, 0.3) is 11.4 Å². The van der Waals surface area contributed by atoms with Crippen molar-refractivity contribution in [3.05, 3.63) is 33.9 Å². The summed E-state index contributed by atoms with van der Waals surface area (Å²) >= 11 is 0. The molecule has 2 aromatic rings. The van der Waals surface area contributed by atoms with Crippen molar-refractivity contribution < 1.29 is 0 Å². The fourth-order valence-electron chi connectivity index (χ4n) is 2.40. The molecule has 0 aliphatic rings. The lowest BCUT2D eigenvalue weighted by Gasteiger charge is -2.17. The maximum Gasteiger partial charge on any atom is 0.277 e. The van der Waals surface area contributed by atoms with Gasteiger partial charge >= 0.3 is 0 Å². The Kier molecular flexibility index (Phi) is 4.49. The number of aryl methyl sites for hydroxylation is 2. The molecule has 0 amide bonds. The van der Waals surface area contributed by atoms with E-state index in [9.17, 15) is 4.79 Å². The summed E-state index contributed by atoms with van der Waals surface area (Å²) in [6.45, 7) is 6.37. The second-order valence-electron chi connectivity index (χ2n) is 5.45. The molecule has 6 nitrogen and oxygen atoms in total. The Labute approximate surface area is 130 Å². The molecule has 0 saturated heterocycles. The van der Waals surface area contributed by atoms with Crippen LogP contribution in [0.3, 0.4) is 0 Å². The third-order valence-electron chi connectivity index (χ3n) is 3.73. The molecular weight excluding hydrogens is 278 g/mol. The summed E-state index contributed by atoms with van der Waals surface area (Å²) in [7, 11) is 3.89. The molecule has 0 bridgehead atoms. The Balaban J connectivity index is 2.72. The Morgan fingerprint density at radius 3 is 2.50 bits per heavy atom. The van der Waals surface area contributed by atoms with E-state index in [4.69, 9.17) is 5.73 Å². The molecule has 2 N–H and O–H groups in total. The molecular formula is C16H23N5O. The van der Waals surface area contributed by atoms with Crippen LogP contribution in [0.1, 0.15) is 25.1 Å². The predicted molar refractivity (Wildman–Crippen MR) is 90.3 cm³/mol. The average molecular weight is 301 g/mol. The monoisotopic (exact) mass is 301 g/mol. The van der Waals surface area contributed by atoms with Crippen molar-refractivity contribution in [1.82, 2.24) is 14.5 Å². The van der Waals surface area contributed by atoms with Gasteiger partial charge < -0.3 is 10.6 Å². The first kappa shape index (κ1) is 16.0. The molecule has 2 rings (SSSR count). The molecule has 0 radical (unpaired) electrons. The van der Waals surface area contributed by atoms with E-state index in [1.54, 1.807) is 10.8 Å². The van der Waals surface area contributed by atoms with Crippen LogP contribution in [-0.4, -0.2) is 28.6 Å². The topological polar surface area (TPSA) is 77.0 Å². The number of nitrogens with two attached hydrogens (primary N) is 1. The van der Waals surface area contributed by atoms with Crippen LogP contribution in [0.15, 0.2) is 17.1 Å². The Morgan fingerprint density at radius 1 is 1.32 bits per heavy atom. The normalized spacial score (nSPS) is 10.8. The number of rotatable bonds is 4. The van der Waals surface area contributed by atoms with Crippen LogP contribution in [-0.2, 0) is 13.0 Å². The SMILES string of the molecule is CCc1nc(-c2cnc(N(C)C)cc2C)n(CC)c(=O)c1N. The number of hydrogen-bond donors (Lipinski definition) is 1. The van der Waals surface area contributed by atoms with Gasteiger partial charge in [-0.15, -0.1) is 0 Å². The standard InChI is InChI=1S/C16H23N5O/c1-6-12-14(17)16(22)21(7-2)15(19-12)11-9-18-13(20(4)5)8-10(11)3/h8-9H,6-7,17H2,1-5H3. The van der Waals surface area contributed by atoms with Crippen LogP contribution >= 0.6 is 0 Å². The van der Waals surface area contributed by atoms with Crippen LogP contribution in [0.5, 0.6) is 0 Å². The summed E-state index contributed by atoms with van der Waals surface area (Å²) in [5.74, 6) is 1.51. The first-order chi connectivity index (χ1) is 10.4. The van der Waals surface area contributed by atoms with E-state index in [2.05, 4.69) is 9.97 Å². The first-order valence-corrected chi connectivity index (χ1v) is 7.44. The Bertz CT molecular complexity index is 749. The van der Waals surface area contributed by atoms with Crippen molar-refractivity contribution in [1.29, 1.82) is 0 Å². The van der Waals surface area contributed by atoms with Gasteiger partial charge in [0.1, 0.15) is 17.3 Å². The fraction of sp³-hybridized carbons (Fsp3) is 0.438. The molecule has 0 atom stereocenters. The summed E-state index contributed by atoms with van der Waals surface area (Å²) in [4.78, 5) is 23.4. The molecule has 6 heteroatoms. The highest BCUT2D eigenvalue weighted by Gasteiger charge is 2.16. The highest BCUT2D eigenvalue weighted by molar-refractivity contribution is 5.63. The highest BCUT2D eigenvalue weighted by atomic mass is 16.1.